The van der Waals surface area contributed by atoms with Crippen molar-refractivity contribution in [2.75, 3.05) is 39.6 Å². The van der Waals surface area contributed by atoms with Crippen LogP contribution in [0.2, 0.25) is 0 Å². The smallest absolute Gasteiger partial charge is 0.462 e. The first-order valence-electron chi connectivity index (χ1n) is 37.2. The lowest BCUT2D eigenvalue weighted by molar-refractivity contribution is -0.161. The van der Waals surface area contributed by atoms with Crippen molar-refractivity contribution >= 4 is 39.5 Å². The van der Waals surface area contributed by atoms with Crippen LogP contribution in [-0.2, 0) is 65.4 Å². The highest BCUT2D eigenvalue weighted by Crippen LogP contribution is 2.45. The molecule has 0 spiro atoms. The summed E-state index contributed by atoms with van der Waals surface area (Å²) < 4.78 is 68.3. The van der Waals surface area contributed by atoms with E-state index >= 15 is 0 Å². The first-order valence-corrected chi connectivity index (χ1v) is 40.2. The van der Waals surface area contributed by atoms with Crippen molar-refractivity contribution in [1.82, 2.24) is 0 Å². The summed E-state index contributed by atoms with van der Waals surface area (Å²) in [5, 5.41) is 10.6. The largest absolute Gasteiger partial charge is 0.472 e. The summed E-state index contributed by atoms with van der Waals surface area (Å²) in [6.45, 7) is 14.1. The molecule has 0 heterocycles. The van der Waals surface area contributed by atoms with Gasteiger partial charge in [-0.15, -0.1) is 0 Å². The van der Waals surface area contributed by atoms with Crippen molar-refractivity contribution in [2.45, 2.75) is 375 Å². The molecule has 3 N–H and O–H groups in total. The second-order valence-electron chi connectivity index (χ2n) is 27.6. The number of phosphoric acid groups is 2. The summed E-state index contributed by atoms with van der Waals surface area (Å²) in [5.74, 6) is 0.862. The minimum absolute atomic E-state index is 0.104. The molecule has 0 fully saturated rings. The Morgan fingerprint density at radius 3 is 0.780 bits per heavy atom. The number of ether oxygens (including phenoxy) is 4. The Labute approximate surface area is 556 Å². The van der Waals surface area contributed by atoms with Crippen molar-refractivity contribution in [3.05, 3.63) is 0 Å². The number of rotatable bonds is 69. The Morgan fingerprint density at radius 1 is 0.308 bits per heavy atom. The lowest BCUT2D eigenvalue weighted by atomic mass is 10.00. The predicted molar refractivity (Wildman–Crippen MR) is 367 cm³/mol. The van der Waals surface area contributed by atoms with Crippen LogP contribution in [0.5, 0.6) is 0 Å². The Hall–Kier alpha value is -1.94. The summed E-state index contributed by atoms with van der Waals surface area (Å²) >= 11 is 0. The summed E-state index contributed by atoms with van der Waals surface area (Å²) in [4.78, 5) is 72.6. The molecule has 0 saturated carbocycles. The molecule has 0 amide bonds. The third-order valence-electron chi connectivity index (χ3n) is 16.9. The van der Waals surface area contributed by atoms with Crippen molar-refractivity contribution in [3.8, 4) is 0 Å². The number of aliphatic hydroxyl groups excluding tert-OH is 1. The topological polar surface area (TPSA) is 237 Å². The van der Waals surface area contributed by atoms with E-state index in [1.165, 1.54) is 154 Å². The SMILES string of the molecule is CCC(C)CCCCCCCCC(=O)OC[C@H](COP(=O)(O)OC[C@H](O)COP(=O)(O)OC[C@@H](COC(=O)CCCCCCCCCCCCCCCCCC(C)C)OC(=O)CCCCCCCCCCC(C)C)OC(=O)CCCCCCCCCCCC(C)C. The van der Waals surface area contributed by atoms with Crippen LogP contribution >= 0.6 is 15.6 Å². The summed E-state index contributed by atoms with van der Waals surface area (Å²) in [6.07, 6.45) is 44.6. The second-order valence-corrected chi connectivity index (χ2v) is 30.6. The maximum Gasteiger partial charge on any atom is 0.472 e. The molecule has 0 rings (SSSR count). The van der Waals surface area contributed by atoms with Gasteiger partial charge in [0.25, 0.3) is 0 Å². The van der Waals surface area contributed by atoms with Gasteiger partial charge in [-0.3, -0.25) is 37.3 Å². The molecule has 540 valence electrons. The molecule has 0 aromatic rings. The normalized spacial score (nSPS) is 14.5. The highest BCUT2D eigenvalue weighted by molar-refractivity contribution is 7.47. The van der Waals surface area contributed by atoms with Gasteiger partial charge in [0.2, 0.25) is 0 Å². The van der Waals surface area contributed by atoms with Gasteiger partial charge in [-0.1, -0.05) is 306 Å². The first kappa shape index (κ1) is 89.1. The molecule has 0 bridgehead atoms. The monoisotopic (exact) mass is 1340 g/mol. The fourth-order valence-electron chi connectivity index (χ4n) is 10.8. The van der Waals surface area contributed by atoms with Crippen molar-refractivity contribution in [3.63, 3.8) is 0 Å². The van der Waals surface area contributed by atoms with Gasteiger partial charge in [-0.2, -0.15) is 0 Å². The van der Waals surface area contributed by atoms with E-state index in [2.05, 4.69) is 55.4 Å². The van der Waals surface area contributed by atoms with E-state index in [1.807, 2.05) is 0 Å². The molecular weight excluding hydrogens is 1200 g/mol. The van der Waals surface area contributed by atoms with Crippen LogP contribution < -0.4 is 0 Å². The molecule has 91 heavy (non-hydrogen) atoms. The lowest BCUT2D eigenvalue weighted by Gasteiger charge is -2.21. The average molecular weight is 1340 g/mol. The highest BCUT2D eigenvalue weighted by atomic mass is 31.2. The van der Waals surface area contributed by atoms with Crippen molar-refractivity contribution < 1.29 is 80.2 Å². The highest BCUT2D eigenvalue weighted by Gasteiger charge is 2.30. The number of hydrogen-bond donors (Lipinski definition) is 3. The molecule has 0 aliphatic heterocycles. The van der Waals surface area contributed by atoms with Gasteiger partial charge >= 0.3 is 39.5 Å². The predicted octanol–water partition coefficient (Wildman–Crippen LogP) is 20.5. The van der Waals surface area contributed by atoms with E-state index in [9.17, 15) is 43.2 Å². The number of hydrogen-bond acceptors (Lipinski definition) is 15. The minimum Gasteiger partial charge on any atom is -0.462 e. The second kappa shape index (κ2) is 61.6. The maximum atomic E-state index is 13.0. The van der Waals surface area contributed by atoms with Crippen molar-refractivity contribution in [1.29, 1.82) is 0 Å². The van der Waals surface area contributed by atoms with Crippen LogP contribution in [0.3, 0.4) is 0 Å². The van der Waals surface area contributed by atoms with Gasteiger partial charge in [-0.05, 0) is 49.4 Å². The van der Waals surface area contributed by atoms with E-state index in [0.717, 1.165) is 120 Å². The number of aliphatic hydroxyl groups is 1. The van der Waals surface area contributed by atoms with Crippen LogP contribution in [-0.4, -0.2) is 96.7 Å². The fourth-order valence-corrected chi connectivity index (χ4v) is 12.4. The summed E-state index contributed by atoms with van der Waals surface area (Å²) in [6, 6.07) is 0. The fraction of sp³-hybridized carbons (Fsp3) is 0.944. The number of carbonyl (C=O) groups excluding carboxylic acids is 4. The Morgan fingerprint density at radius 2 is 0.527 bits per heavy atom. The molecule has 0 radical (unpaired) electrons. The number of phosphoric ester groups is 2. The molecule has 6 atom stereocenters. The molecule has 0 aromatic carbocycles. The van der Waals surface area contributed by atoms with Gasteiger partial charge in [0.15, 0.2) is 12.2 Å². The van der Waals surface area contributed by atoms with Crippen LogP contribution in [0, 0.1) is 23.7 Å². The number of unbranched alkanes of at least 4 members (excludes halogenated alkanes) is 34. The minimum atomic E-state index is -4.95. The molecule has 0 aromatic heterocycles. The third kappa shape index (κ3) is 65.1. The maximum absolute atomic E-state index is 13.0. The summed E-state index contributed by atoms with van der Waals surface area (Å²) in [7, 11) is -9.90. The van der Waals surface area contributed by atoms with Gasteiger partial charge in [-0.25, -0.2) is 9.13 Å². The Kier molecular flexibility index (Phi) is 60.3. The standard InChI is InChI=1S/C72H140O17P2/c1-9-65(8)51-43-35-30-31-37-45-53-70(75)83-59-68(88-71(76)54-46-38-28-21-17-19-25-33-41-49-63(4)5)61-87-91(80,81)85-57-66(73)56-84-90(78,79)86-60-67(89-72(77)55-47-39-29-23-22-26-34-42-50-64(6)7)58-82-69(74)52-44-36-27-20-16-14-12-10-11-13-15-18-24-32-40-48-62(2)3/h62-68,73H,9-61H2,1-8H3,(H,78,79)(H,80,81)/t65?,66-,67-,68-/m1/s1. The molecule has 0 aliphatic carbocycles. The Balaban J connectivity index is 5.21. The third-order valence-corrected chi connectivity index (χ3v) is 18.8. The van der Waals surface area contributed by atoms with Crippen LogP contribution in [0.1, 0.15) is 357 Å². The Bertz CT molecular complexity index is 1800. The molecule has 0 aliphatic rings. The molecule has 0 saturated heterocycles. The molecule has 19 heteroatoms. The molecule has 3 unspecified atom stereocenters. The van der Waals surface area contributed by atoms with Crippen molar-refractivity contribution in [2.24, 2.45) is 23.7 Å². The zero-order valence-corrected chi connectivity index (χ0v) is 61.3. The van der Waals surface area contributed by atoms with Crippen LogP contribution in [0.15, 0.2) is 0 Å². The van der Waals surface area contributed by atoms with Gasteiger partial charge < -0.3 is 33.8 Å². The van der Waals surface area contributed by atoms with E-state index < -0.39 is 97.5 Å². The van der Waals surface area contributed by atoms with E-state index in [0.29, 0.717) is 25.7 Å². The van der Waals surface area contributed by atoms with Crippen LogP contribution in [0.4, 0.5) is 0 Å². The quantitative estimate of drug-likeness (QED) is 0.0222. The number of esters is 4. The van der Waals surface area contributed by atoms with Gasteiger partial charge in [0.05, 0.1) is 26.4 Å². The molecule has 17 nitrogen and oxygen atoms in total. The number of carbonyl (C=O) groups is 4. The van der Waals surface area contributed by atoms with E-state index in [1.54, 1.807) is 0 Å². The van der Waals surface area contributed by atoms with E-state index in [-0.39, 0.29) is 25.7 Å². The summed E-state index contributed by atoms with van der Waals surface area (Å²) in [5.41, 5.74) is 0. The van der Waals surface area contributed by atoms with E-state index in [4.69, 9.17) is 37.0 Å². The zero-order chi connectivity index (χ0) is 67.5. The zero-order valence-electron chi connectivity index (χ0n) is 59.5. The lowest BCUT2D eigenvalue weighted by Crippen LogP contribution is -2.30. The van der Waals surface area contributed by atoms with Gasteiger partial charge in [0, 0.05) is 25.7 Å². The first-order chi connectivity index (χ1) is 43.6. The average Bonchev–Trinajstić information content (AvgIpc) is 3.51. The van der Waals surface area contributed by atoms with Gasteiger partial charge in [0.1, 0.15) is 19.3 Å². The van der Waals surface area contributed by atoms with Crippen LogP contribution in [0.25, 0.3) is 0 Å². The molecular formula is C72H140O17P2.